The Kier molecular flexibility index (Phi) is 2.53. The molecule has 1 aromatic heterocycles. The number of hydrogen-bond acceptors (Lipinski definition) is 5. The van der Waals surface area contributed by atoms with Crippen molar-refractivity contribution in [3.63, 3.8) is 0 Å². The normalized spacial score (nSPS) is 12.7. The molecule has 0 fully saturated rings. The third-order valence-corrected chi connectivity index (χ3v) is 2.72. The number of fused-ring (bicyclic) bond motifs is 1. The van der Waals surface area contributed by atoms with Gasteiger partial charge in [0.2, 0.25) is 12.6 Å². The molecule has 2 N–H and O–H groups in total. The number of carbonyl (C=O) groups is 1. The standard InChI is InChI=1S/C13H11NO4/c14-6-9-2-4-11(18-9)13(15)8-1-3-10-12(5-8)17-7-16-10/h1-5H,6-7,14H2. The minimum absolute atomic E-state index is 0.186. The average Bonchev–Trinajstić information content (AvgIpc) is 3.05. The molecule has 5 heteroatoms. The number of rotatable bonds is 3. The summed E-state index contributed by atoms with van der Waals surface area (Å²) >= 11 is 0. The Morgan fingerprint density at radius 1 is 1.17 bits per heavy atom. The molecule has 1 aliphatic rings. The lowest BCUT2D eigenvalue weighted by molar-refractivity contribution is 0.101. The van der Waals surface area contributed by atoms with Gasteiger partial charge in [0.05, 0.1) is 6.54 Å². The highest BCUT2D eigenvalue weighted by atomic mass is 16.7. The molecule has 0 spiro atoms. The number of benzene rings is 1. The van der Waals surface area contributed by atoms with E-state index in [4.69, 9.17) is 19.6 Å². The van der Waals surface area contributed by atoms with E-state index in [9.17, 15) is 4.79 Å². The lowest BCUT2D eigenvalue weighted by Gasteiger charge is -2.00. The molecule has 0 saturated heterocycles. The predicted molar refractivity (Wildman–Crippen MR) is 62.6 cm³/mol. The number of furan rings is 1. The molecule has 0 unspecified atom stereocenters. The van der Waals surface area contributed by atoms with E-state index in [-0.39, 0.29) is 24.9 Å². The van der Waals surface area contributed by atoms with Crippen LogP contribution < -0.4 is 15.2 Å². The van der Waals surface area contributed by atoms with Crippen LogP contribution in [0.15, 0.2) is 34.7 Å². The first-order valence-corrected chi connectivity index (χ1v) is 5.51. The van der Waals surface area contributed by atoms with Crippen LogP contribution in [0.4, 0.5) is 0 Å². The largest absolute Gasteiger partial charge is 0.456 e. The van der Waals surface area contributed by atoms with Crippen molar-refractivity contribution >= 4 is 5.78 Å². The highest BCUT2D eigenvalue weighted by Gasteiger charge is 2.19. The van der Waals surface area contributed by atoms with Gasteiger partial charge in [-0.15, -0.1) is 0 Å². The lowest BCUT2D eigenvalue weighted by Crippen LogP contribution is -2.00. The zero-order chi connectivity index (χ0) is 12.5. The van der Waals surface area contributed by atoms with Gasteiger partial charge in [-0.3, -0.25) is 4.79 Å². The molecular weight excluding hydrogens is 234 g/mol. The van der Waals surface area contributed by atoms with E-state index in [1.807, 2.05) is 0 Å². The summed E-state index contributed by atoms with van der Waals surface area (Å²) in [4.78, 5) is 12.1. The maximum absolute atomic E-state index is 12.1. The molecule has 0 atom stereocenters. The van der Waals surface area contributed by atoms with Crippen LogP contribution in [0, 0.1) is 0 Å². The lowest BCUT2D eigenvalue weighted by atomic mass is 10.1. The summed E-state index contributed by atoms with van der Waals surface area (Å²) in [5, 5.41) is 0. The second-order valence-electron chi connectivity index (χ2n) is 3.87. The van der Waals surface area contributed by atoms with Gasteiger partial charge in [-0.2, -0.15) is 0 Å². The van der Waals surface area contributed by atoms with Crippen molar-refractivity contribution in [1.29, 1.82) is 0 Å². The van der Waals surface area contributed by atoms with E-state index in [1.54, 1.807) is 30.3 Å². The maximum Gasteiger partial charge on any atom is 0.231 e. The molecule has 0 saturated carbocycles. The zero-order valence-corrected chi connectivity index (χ0v) is 9.51. The number of hydrogen-bond donors (Lipinski definition) is 1. The van der Waals surface area contributed by atoms with E-state index in [2.05, 4.69) is 0 Å². The Hall–Kier alpha value is -2.27. The van der Waals surface area contributed by atoms with Crippen molar-refractivity contribution in [2.45, 2.75) is 6.54 Å². The van der Waals surface area contributed by atoms with Gasteiger partial charge in [0.25, 0.3) is 0 Å². The Balaban J connectivity index is 1.92. The topological polar surface area (TPSA) is 74.7 Å². The molecule has 2 aromatic rings. The summed E-state index contributed by atoms with van der Waals surface area (Å²) in [5.74, 6) is 1.88. The minimum Gasteiger partial charge on any atom is -0.456 e. The third kappa shape index (κ3) is 1.74. The van der Waals surface area contributed by atoms with Gasteiger partial charge in [-0.25, -0.2) is 0 Å². The number of carbonyl (C=O) groups excluding carboxylic acids is 1. The first-order chi connectivity index (χ1) is 8.78. The van der Waals surface area contributed by atoms with E-state index in [1.165, 1.54) is 0 Å². The summed E-state index contributed by atoms with van der Waals surface area (Å²) in [5.41, 5.74) is 5.93. The SMILES string of the molecule is NCc1ccc(C(=O)c2ccc3c(c2)OCO3)o1. The van der Waals surface area contributed by atoms with E-state index < -0.39 is 0 Å². The van der Waals surface area contributed by atoms with Crippen molar-refractivity contribution in [1.82, 2.24) is 0 Å². The summed E-state index contributed by atoms with van der Waals surface area (Å²) < 4.78 is 15.7. The molecule has 0 radical (unpaired) electrons. The zero-order valence-electron chi connectivity index (χ0n) is 9.51. The molecule has 5 nitrogen and oxygen atoms in total. The van der Waals surface area contributed by atoms with Crippen molar-refractivity contribution in [3.8, 4) is 11.5 Å². The Labute approximate surface area is 103 Å². The molecule has 2 heterocycles. The number of ketones is 1. The molecule has 3 rings (SSSR count). The van der Waals surface area contributed by atoms with Gasteiger partial charge in [-0.1, -0.05) is 0 Å². The van der Waals surface area contributed by atoms with Crippen LogP contribution in [0.5, 0.6) is 11.5 Å². The van der Waals surface area contributed by atoms with E-state index in [0.717, 1.165) is 0 Å². The van der Waals surface area contributed by atoms with Crippen LogP contribution in [0.25, 0.3) is 0 Å². The minimum atomic E-state index is -0.201. The highest BCUT2D eigenvalue weighted by molar-refractivity contribution is 6.07. The van der Waals surface area contributed by atoms with Gasteiger partial charge in [-0.05, 0) is 30.3 Å². The van der Waals surface area contributed by atoms with Gasteiger partial charge in [0.15, 0.2) is 17.3 Å². The van der Waals surface area contributed by atoms with Crippen LogP contribution in [-0.4, -0.2) is 12.6 Å². The van der Waals surface area contributed by atoms with Crippen LogP contribution in [0.1, 0.15) is 21.9 Å². The third-order valence-electron chi connectivity index (χ3n) is 2.72. The quantitative estimate of drug-likeness (QED) is 0.833. The Morgan fingerprint density at radius 2 is 2.00 bits per heavy atom. The number of nitrogens with two attached hydrogens (primary N) is 1. The van der Waals surface area contributed by atoms with Gasteiger partial charge in [0, 0.05) is 5.56 Å². The summed E-state index contributed by atoms with van der Waals surface area (Å²) in [6.07, 6.45) is 0. The van der Waals surface area contributed by atoms with Crippen molar-refractivity contribution in [2.75, 3.05) is 6.79 Å². The first kappa shape index (κ1) is 10.9. The van der Waals surface area contributed by atoms with Gasteiger partial charge < -0.3 is 19.6 Å². The fourth-order valence-electron chi connectivity index (χ4n) is 1.79. The molecule has 1 aliphatic heterocycles. The smallest absolute Gasteiger partial charge is 0.231 e. The van der Waals surface area contributed by atoms with Crippen molar-refractivity contribution in [3.05, 3.63) is 47.4 Å². The van der Waals surface area contributed by atoms with Crippen molar-refractivity contribution in [2.24, 2.45) is 5.73 Å². The van der Waals surface area contributed by atoms with E-state index >= 15 is 0 Å². The Morgan fingerprint density at radius 3 is 2.78 bits per heavy atom. The molecule has 1 aromatic carbocycles. The number of ether oxygens (including phenoxy) is 2. The summed E-state index contributed by atoms with van der Waals surface area (Å²) in [6.45, 7) is 0.458. The molecule has 0 bridgehead atoms. The monoisotopic (exact) mass is 245 g/mol. The van der Waals surface area contributed by atoms with Crippen LogP contribution >= 0.6 is 0 Å². The average molecular weight is 245 g/mol. The van der Waals surface area contributed by atoms with E-state index in [0.29, 0.717) is 22.8 Å². The summed E-state index contributed by atoms with van der Waals surface area (Å²) in [6, 6.07) is 8.35. The van der Waals surface area contributed by atoms with Gasteiger partial charge >= 0.3 is 0 Å². The molecular formula is C13H11NO4. The van der Waals surface area contributed by atoms with Crippen LogP contribution in [-0.2, 0) is 6.54 Å². The molecule has 18 heavy (non-hydrogen) atoms. The molecule has 0 amide bonds. The van der Waals surface area contributed by atoms with Crippen molar-refractivity contribution < 1.29 is 18.7 Å². The first-order valence-electron chi connectivity index (χ1n) is 5.51. The van der Waals surface area contributed by atoms with Gasteiger partial charge in [0.1, 0.15) is 5.76 Å². The summed E-state index contributed by atoms with van der Waals surface area (Å²) in [7, 11) is 0. The predicted octanol–water partition coefficient (Wildman–Crippen LogP) is 1.70. The second-order valence-corrected chi connectivity index (χ2v) is 3.87. The molecule has 92 valence electrons. The highest BCUT2D eigenvalue weighted by Crippen LogP contribution is 2.33. The fourth-order valence-corrected chi connectivity index (χ4v) is 1.79. The fraction of sp³-hybridized carbons (Fsp3) is 0.154. The van der Waals surface area contributed by atoms with Crippen LogP contribution in [0.2, 0.25) is 0 Å². The van der Waals surface area contributed by atoms with Crippen LogP contribution in [0.3, 0.4) is 0 Å². The maximum atomic E-state index is 12.1. The Bertz CT molecular complexity index is 603. The molecule has 0 aliphatic carbocycles. The second kappa shape index (κ2) is 4.19.